The van der Waals surface area contributed by atoms with Gasteiger partial charge in [-0.25, -0.2) is 0 Å². The summed E-state index contributed by atoms with van der Waals surface area (Å²) in [5.41, 5.74) is 8.75. The van der Waals surface area contributed by atoms with Crippen LogP contribution >= 0.6 is 0 Å². The van der Waals surface area contributed by atoms with Crippen molar-refractivity contribution in [1.82, 2.24) is 0 Å². The van der Waals surface area contributed by atoms with Gasteiger partial charge in [-0.15, -0.1) is 0 Å². The number of nitrogens with two attached hydrogens (primary N) is 1. The summed E-state index contributed by atoms with van der Waals surface area (Å²) < 4.78 is 10.8. The van der Waals surface area contributed by atoms with Crippen molar-refractivity contribution >= 4 is 11.0 Å². The van der Waals surface area contributed by atoms with E-state index < -0.39 is 0 Å². The summed E-state index contributed by atoms with van der Waals surface area (Å²) in [6, 6.07) is 3.96. The first kappa shape index (κ1) is 10.1. The standard InChI is InChI=1S/C12H15NO2/c1-8-7-11(14-2)9(3-5-13)10-4-6-15-12(8)10/h4,6-7H,3,5,13H2,1-2H3. The maximum Gasteiger partial charge on any atom is 0.137 e. The van der Waals surface area contributed by atoms with E-state index in [0.717, 1.165) is 34.3 Å². The molecule has 3 nitrogen and oxygen atoms in total. The van der Waals surface area contributed by atoms with Crippen molar-refractivity contribution < 1.29 is 9.15 Å². The van der Waals surface area contributed by atoms with E-state index in [1.54, 1.807) is 13.4 Å². The molecule has 0 saturated heterocycles. The molecule has 1 aromatic carbocycles. The number of hydrogen-bond acceptors (Lipinski definition) is 3. The smallest absolute Gasteiger partial charge is 0.137 e. The van der Waals surface area contributed by atoms with Gasteiger partial charge in [-0.1, -0.05) is 0 Å². The Bertz CT molecular complexity index is 474. The number of fused-ring (bicyclic) bond motifs is 1. The number of methoxy groups -OCH3 is 1. The second-order valence-electron chi connectivity index (χ2n) is 3.58. The Hall–Kier alpha value is -1.48. The van der Waals surface area contributed by atoms with Crippen LogP contribution in [0.15, 0.2) is 22.8 Å². The zero-order chi connectivity index (χ0) is 10.8. The Kier molecular flexibility index (Phi) is 2.64. The highest BCUT2D eigenvalue weighted by Gasteiger charge is 2.12. The van der Waals surface area contributed by atoms with Gasteiger partial charge in [-0.2, -0.15) is 0 Å². The van der Waals surface area contributed by atoms with Crippen LogP contribution in [-0.2, 0) is 6.42 Å². The lowest BCUT2D eigenvalue weighted by atomic mass is 10.0. The Morgan fingerprint density at radius 3 is 2.93 bits per heavy atom. The lowest BCUT2D eigenvalue weighted by Gasteiger charge is -2.10. The fraction of sp³-hybridized carbons (Fsp3) is 0.333. The number of rotatable bonds is 3. The molecule has 0 radical (unpaired) electrons. The van der Waals surface area contributed by atoms with Crippen LogP contribution in [-0.4, -0.2) is 13.7 Å². The number of benzene rings is 1. The third kappa shape index (κ3) is 1.59. The van der Waals surface area contributed by atoms with E-state index in [4.69, 9.17) is 14.9 Å². The molecule has 0 spiro atoms. The fourth-order valence-corrected chi connectivity index (χ4v) is 1.92. The summed E-state index contributed by atoms with van der Waals surface area (Å²) in [5.74, 6) is 0.895. The minimum absolute atomic E-state index is 0.611. The molecule has 0 bridgehead atoms. The van der Waals surface area contributed by atoms with Crippen molar-refractivity contribution in [3.63, 3.8) is 0 Å². The molecular weight excluding hydrogens is 190 g/mol. The summed E-state index contributed by atoms with van der Waals surface area (Å²) in [6.45, 7) is 2.63. The van der Waals surface area contributed by atoms with E-state index in [-0.39, 0.29) is 0 Å². The van der Waals surface area contributed by atoms with Crippen LogP contribution in [0.1, 0.15) is 11.1 Å². The molecule has 2 rings (SSSR count). The summed E-state index contributed by atoms with van der Waals surface area (Å²) in [4.78, 5) is 0. The van der Waals surface area contributed by atoms with Gasteiger partial charge < -0.3 is 14.9 Å². The van der Waals surface area contributed by atoms with Crippen molar-refractivity contribution in [2.75, 3.05) is 13.7 Å². The van der Waals surface area contributed by atoms with Gasteiger partial charge in [0.2, 0.25) is 0 Å². The van der Waals surface area contributed by atoms with Crippen LogP contribution in [0, 0.1) is 6.92 Å². The molecule has 0 aliphatic rings. The second kappa shape index (κ2) is 3.95. The summed E-state index contributed by atoms with van der Waals surface area (Å²) in [7, 11) is 1.68. The van der Waals surface area contributed by atoms with Gasteiger partial charge in [0.15, 0.2) is 0 Å². The minimum Gasteiger partial charge on any atom is -0.496 e. The van der Waals surface area contributed by atoms with Gasteiger partial charge in [0.25, 0.3) is 0 Å². The zero-order valence-corrected chi connectivity index (χ0v) is 9.04. The maximum atomic E-state index is 5.60. The van der Waals surface area contributed by atoms with Crippen LogP contribution in [0.2, 0.25) is 0 Å². The van der Waals surface area contributed by atoms with Crippen molar-refractivity contribution in [2.24, 2.45) is 5.73 Å². The van der Waals surface area contributed by atoms with Crippen LogP contribution in [0.25, 0.3) is 11.0 Å². The minimum atomic E-state index is 0.611. The molecule has 0 aliphatic carbocycles. The molecule has 2 aromatic rings. The van der Waals surface area contributed by atoms with Crippen molar-refractivity contribution in [1.29, 1.82) is 0 Å². The largest absolute Gasteiger partial charge is 0.496 e. The van der Waals surface area contributed by atoms with Crippen molar-refractivity contribution in [3.05, 3.63) is 29.5 Å². The summed E-state index contributed by atoms with van der Waals surface area (Å²) in [5, 5.41) is 1.11. The molecule has 2 N–H and O–H groups in total. The Labute approximate surface area is 88.8 Å². The highest BCUT2D eigenvalue weighted by Crippen LogP contribution is 2.31. The Balaban J connectivity index is 2.71. The molecule has 1 heterocycles. The first-order valence-electron chi connectivity index (χ1n) is 5.01. The fourth-order valence-electron chi connectivity index (χ4n) is 1.92. The molecule has 3 heteroatoms. The average Bonchev–Trinajstić information content (AvgIpc) is 2.71. The normalized spacial score (nSPS) is 10.9. The van der Waals surface area contributed by atoms with E-state index >= 15 is 0 Å². The van der Waals surface area contributed by atoms with Crippen molar-refractivity contribution in [2.45, 2.75) is 13.3 Å². The van der Waals surface area contributed by atoms with E-state index in [2.05, 4.69) is 0 Å². The predicted molar refractivity (Wildman–Crippen MR) is 60.3 cm³/mol. The van der Waals surface area contributed by atoms with Crippen molar-refractivity contribution in [3.8, 4) is 5.75 Å². The predicted octanol–water partition coefficient (Wildman–Crippen LogP) is 2.25. The van der Waals surface area contributed by atoms with Gasteiger partial charge in [0.05, 0.1) is 13.4 Å². The topological polar surface area (TPSA) is 48.4 Å². The number of aryl methyl sites for hydroxylation is 1. The first-order valence-corrected chi connectivity index (χ1v) is 5.01. The number of hydrogen-bond donors (Lipinski definition) is 1. The quantitative estimate of drug-likeness (QED) is 0.836. The maximum absolute atomic E-state index is 5.60. The lowest BCUT2D eigenvalue weighted by Crippen LogP contribution is -2.05. The molecule has 0 atom stereocenters. The second-order valence-corrected chi connectivity index (χ2v) is 3.58. The zero-order valence-electron chi connectivity index (χ0n) is 9.04. The van der Waals surface area contributed by atoms with Crippen LogP contribution in [0.5, 0.6) is 5.75 Å². The van der Waals surface area contributed by atoms with Gasteiger partial charge in [-0.05, 0) is 37.6 Å². The van der Waals surface area contributed by atoms with Gasteiger partial charge in [-0.3, -0.25) is 0 Å². The summed E-state index contributed by atoms with van der Waals surface area (Å²) >= 11 is 0. The monoisotopic (exact) mass is 205 g/mol. The SMILES string of the molecule is COc1cc(C)c2occc2c1CCN. The number of ether oxygens (including phenoxy) is 1. The highest BCUT2D eigenvalue weighted by atomic mass is 16.5. The van der Waals surface area contributed by atoms with Gasteiger partial charge in [0.1, 0.15) is 11.3 Å². The van der Waals surface area contributed by atoms with E-state index in [1.165, 1.54) is 0 Å². The Morgan fingerprint density at radius 2 is 2.27 bits per heavy atom. The third-order valence-electron chi connectivity index (χ3n) is 2.61. The summed E-state index contributed by atoms with van der Waals surface area (Å²) in [6.07, 6.45) is 2.51. The van der Waals surface area contributed by atoms with Gasteiger partial charge in [0, 0.05) is 10.9 Å². The Morgan fingerprint density at radius 1 is 1.47 bits per heavy atom. The van der Waals surface area contributed by atoms with E-state index in [9.17, 15) is 0 Å². The molecule has 80 valence electrons. The molecule has 0 fully saturated rings. The highest BCUT2D eigenvalue weighted by molar-refractivity contribution is 5.86. The van der Waals surface area contributed by atoms with Crippen LogP contribution in [0.4, 0.5) is 0 Å². The molecule has 1 aromatic heterocycles. The third-order valence-corrected chi connectivity index (χ3v) is 2.61. The lowest BCUT2D eigenvalue weighted by molar-refractivity contribution is 0.410. The molecule has 0 aliphatic heterocycles. The van der Waals surface area contributed by atoms with Crippen LogP contribution in [0.3, 0.4) is 0 Å². The molecule has 0 saturated carbocycles. The molecular formula is C12H15NO2. The van der Waals surface area contributed by atoms with E-state index in [1.807, 2.05) is 19.1 Å². The average molecular weight is 205 g/mol. The first-order chi connectivity index (χ1) is 7.27. The van der Waals surface area contributed by atoms with Gasteiger partial charge >= 0.3 is 0 Å². The van der Waals surface area contributed by atoms with E-state index in [0.29, 0.717) is 6.54 Å². The number of furan rings is 1. The van der Waals surface area contributed by atoms with Crippen LogP contribution < -0.4 is 10.5 Å². The molecule has 0 unspecified atom stereocenters. The molecule has 15 heavy (non-hydrogen) atoms. The molecule has 0 amide bonds.